The summed E-state index contributed by atoms with van der Waals surface area (Å²) in [5.74, 6) is 0.276. The number of H-pyrrole nitrogens is 1. The molecule has 1 aromatic rings. The van der Waals surface area contributed by atoms with E-state index in [4.69, 9.17) is 0 Å². The van der Waals surface area contributed by atoms with E-state index in [1.807, 2.05) is 13.8 Å². The molecule has 0 radical (unpaired) electrons. The van der Waals surface area contributed by atoms with Crippen LogP contribution in [0.2, 0.25) is 0 Å². The number of carbonyl (C=O) groups is 2. The van der Waals surface area contributed by atoms with Gasteiger partial charge in [-0.05, 0) is 13.8 Å². The van der Waals surface area contributed by atoms with Crippen LogP contribution in [0.5, 0.6) is 0 Å². The highest BCUT2D eigenvalue weighted by Gasteiger charge is 2.33. The number of hydrogen-bond acceptors (Lipinski definition) is 3. The van der Waals surface area contributed by atoms with E-state index in [9.17, 15) is 9.59 Å². The molecule has 1 aromatic heterocycles. The van der Waals surface area contributed by atoms with Crippen LogP contribution in [0.15, 0.2) is 6.20 Å². The van der Waals surface area contributed by atoms with Gasteiger partial charge in [0.1, 0.15) is 5.82 Å². The molecule has 1 atom stereocenters. The van der Waals surface area contributed by atoms with Gasteiger partial charge < -0.3 is 10.2 Å². The van der Waals surface area contributed by atoms with E-state index >= 15 is 0 Å². The molecule has 17 heavy (non-hydrogen) atoms. The average molecular weight is 236 g/mol. The van der Waals surface area contributed by atoms with Gasteiger partial charge in [-0.15, -0.1) is 0 Å². The molecule has 0 spiro atoms. The summed E-state index contributed by atoms with van der Waals surface area (Å²) in [7, 11) is 0. The monoisotopic (exact) mass is 236 g/mol. The minimum atomic E-state index is -0.259. The van der Waals surface area contributed by atoms with Crippen molar-refractivity contribution in [3.63, 3.8) is 0 Å². The van der Waals surface area contributed by atoms with Crippen LogP contribution in [-0.2, 0) is 9.59 Å². The van der Waals surface area contributed by atoms with Gasteiger partial charge >= 0.3 is 0 Å². The highest BCUT2D eigenvalue weighted by Crippen LogP contribution is 2.19. The number of aryl methyl sites for hydroxylation is 1. The number of likely N-dealkylation sites (tertiary alicyclic amines) is 1. The van der Waals surface area contributed by atoms with Crippen LogP contribution in [0.1, 0.15) is 18.9 Å². The van der Waals surface area contributed by atoms with Crippen LogP contribution < -0.4 is 5.32 Å². The third-order valence-corrected chi connectivity index (χ3v) is 3.04. The second-order valence-corrected chi connectivity index (χ2v) is 4.25. The lowest BCUT2D eigenvalue weighted by Gasteiger charge is -2.13. The third-order valence-electron chi connectivity index (χ3n) is 3.04. The molecule has 0 saturated carbocycles. The fraction of sp³-hybridized carbons (Fsp3) is 0.545. The van der Waals surface area contributed by atoms with Crippen LogP contribution >= 0.6 is 0 Å². The van der Waals surface area contributed by atoms with E-state index in [2.05, 4.69) is 15.5 Å². The molecule has 6 nitrogen and oxygen atoms in total. The fourth-order valence-corrected chi connectivity index (χ4v) is 1.95. The molecule has 0 bridgehead atoms. The molecular formula is C11H16N4O2. The van der Waals surface area contributed by atoms with Crippen molar-refractivity contribution in [1.29, 1.82) is 0 Å². The van der Waals surface area contributed by atoms with Crippen molar-refractivity contribution in [1.82, 2.24) is 15.1 Å². The predicted octanol–water partition coefficient (Wildman–Crippen LogP) is 0.525. The van der Waals surface area contributed by atoms with Gasteiger partial charge in [0, 0.05) is 25.1 Å². The van der Waals surface area contributed by atoms with E-state index in [1.54, 1.807) is 11.1 Å². The molecule has 6 heteroatoms. The summed E-state index contributed by atoms with van der Waals surface area (Å²) >= 11 is 0. The molecule has 1 fully saturated rings. The fourth-order valence-electron chi connectivity index (χ4n) is 1.95. The van der Waals surface area contributed by atoms with E-state index in [0.29, 0.717) is 25.3 Å². The molecule has 1 unspecified atom stereocenters. The third kappa shape index (κ3) is 2.30. The number of nitrogens with zero attached hydrogens (tertiary/aromatic N) is 2. The van der Waals surface area contributed by atoms with Gasteiger partial charge in [0.25, 0.3) is 0 Å². The van der Waals surface area contributed by atoms with Gasteiger partial charge in [-0.3, -0.25) is 14.7 Å². The minimum Gasteiger partial charge on any atom is -0.342 e. The lowest BCUT2D eigenvalue weighted by molar-refractivity contribution is -0.128. The van der Waals surface area contributed by atoms with Gasteiger partial charge in [-0.1, -0.05) is 0 Å². The van der Waals surface area contributed by atoms with Crippen LogP contribution in [0.3, 0.4) is 0 Å². The summed E-state index contributed by atoms with van der Waals surface area (Å²) in [4.78, 5) is 25.1. The zero-order valence-corrected chi connectivity index (χ0v) is 9.99. The van der Waals surface area contributed by atoms with Crippen molar-refractivity contribution in [3.8, 4) is 0 Å². The number of aromatic nitrogens is 2. The lowest BCUT2D eigenvalue weighted by atomic mass is 10.1. The standard InChI is InChI=1S/C11H16N4O2/c1-3-15-6-8(4-9(15)16)11(17)13-10-7(2)5-12-14-10/h5,8H,3-4,6H2,1-2H3,(H2,12,13,14,17). The molecule has 92 valence electrons. The number of hydrogen-bond donors (Lipinski definition) is 2. The maximum atomic E-state index is 11.9. The van der Waals surface area contributed by atoms with Crippen molar-refractivity contribution < 1.29 is 9.59 Å². The van der Waals surface area contributed by atoms with Crippen LogP contribution in [0.25, 0.3) is 0 Å². The summed E-state index contributed by atoms with van der Waals surface area (Å²) in [6, 6.07) is 0. The molecule has 1 aliphatic rings. The first-order valence-electron chi connectivity index (χ1n) is 5.70. The van der Waals surface area contributed by atoms with E-state index in [1.165, 1.54) is 0 Å². The average Bonchev–Trinajstić information content (AvgIpc) is 2.86. The second kappa shape index (κ2) is 4.57. The maximum absolute atomic E-state index is 11.9. The van der Waals surface area contributed by atoms with Gasteiger partial charge in [-0.25, -0.2) is 0 Å². The smallest absolute Gasteiger partial charge is 0.230 e. The maximum Gasteiger partial charge on any atom is 0.230 e. The number of carbonyl (C=O) groups excluding carboxylic acids is 2. The van der Waals surface area contributed by atoms with E-state index in [-0.39, 0.29) is 17.7 Å². The van der Waals surface area contributed by atoms with Crippen molar-refractivity contribution in [2.45, 2.75) is 20.3 Å². The molecule has 2 N–H and O–H groups in total. The van der Waals surface area contributed by atoms with Crippen molar-refractivity contribution in [2.24, 2.45) is 5.92 Å². The Morgan fingerprint density at radius 3 is 3.00 bits per heavy atom. The van der Waals surface area contributed by atoms with Crippen LogP contribution in [0, 0.1) is 12.8 Å². The normalized spacial score (nSPS) is 19.8. The first-order valence-corrected chi connectivity index (χ1v) is 5.70. The minimum absolute atomic E-state index is 0.0500. The summed E-state index contributed by atoms with van der Waals surface area (Å²) < 4.78 is 0. The number of nitrogens with one attached hydrogen (secondary N) is 2. The summed E-state index contributed by atoms with van der Waals surface area (Å²) in [6.07, 6.45) is 1.95. The SMILES string of the molecule is CCN1CC(C(=O)Nc2[nH]ncc2C)CC1=O. The highest BCUT2D eigenvalue weighted by molar-refractivity contribution is 5.96. The quantitative estimate of drug-likeness (QED) is 0.803. The zero-order chi connectivity index (χ0) is 12.4. The Morgan fingerprint density at radius 1 is 1.71 bits per heavy atom. The van der Waals surface area contributed by atoms with Gasteiger partial charge in [0.15, 0.2) is 0 Å². The lowest BCUT2D eigenvalue weighted by Crippen LogP contribution is -2.28. The Morgan fingerprint density at radius 2 is 2.47 bits per heavy atom. The first kappa shape index (κ1) is 11.6. The Kier molecular flexibility index (Phi) is 3.12. The van der Waals surface area contributed by atoms with Gasteiger partial charge in [0.2, 0.25) is 11.8 Å². The summed E-state index contributed by atoms with van der Waals surface area (Å²) in [5.41, 5.74) is 0.884. The molecule has 1 aliphatic heterocycles. The summed E-state index contributed by atoms with van der Waals surface area (Å²) in [5, 5.41) is 9.31. The molecule has 2 amide bonds. The van der Waals surface area contributed by atoms with Gasteiger partial charge in [0.05, 0.1) is 12.1 Å². The van der Waals surface area contributed by atoms with Crippen molar-refractivity contribution in [3.05, 3.63) is 11.8 Å². The number of rotatable bonds is 3. The zero-order valence-electron chi connectivity index (χ0n) is 9.99. The molecular weight excluding hydrogens is 220 g/mol. The van der Waals surface area contributed by atoms with Gasteiger partial charge in [-0.2, -0.15) is 5.10 Å². The Balaban J connectivity index is 1.98. The molecule has 0 aromatic carbocycles. The Labute approximate surface area is 99.4 Å². The highest BCUT2D eigenvalue weighted by atomic mass is 16.2. The molecule has 0 aliphatic carbocycles. The van der Waals surface area contributed by atoms with Crippen LogP contribution in [0.4, 0.5) is 5.82 Å². The van der Waals surface area contributed by atoms with Crippen molar-refractivity contribution in [2.75, 3.05) is 18.4 Å². The Bertz CT molecular complexity index is 440. The first-order chi connectivity index (χ1) is 8.11. The predicted molar refractivity (Wildman–Crippen MR) is 62.3 cm³/mol. The topological polar surface area (TPSA) is 78.1 Å². The molecule has 2 rings (SSSR count). The van der Waals surface area contributed by atoms with Crippen LogP contribution in [-0.4, -0.2) is 40.0 Å². The van der Waals surface area contributed by atoms with E-state index in [0.717, 1.165) is 5.56 Å². The number of aromatic amines is 1. The number of amides is 2. The molecule has 2 heterocycles. The second-order valence-electron chi connectivity index (χ2n) is 4.25. The number of anilines is 1. The molecule has 1 saturated heterocycles. The van der Waals surface area contributed by atoms with Crippen molar-refractivity contribution >= 4 is 17.6 Å². The van der Waals surface area contributed by atoms with E-state index < -0.39 is 0 Å². The summed E-state index contributed by atoms with van der Waals surface area (Å²) in [6.45, 7) is 4.94. The largest absolute Gasteiger partial charge is 0.342 e. The Hall–Kier alpha value is -1.85.